The van der Waals surface area contributed by atoms with Crippen molar-refractivity contribution < 1.29 is 27.8 Å². The zero-order chi connectivity index (χ0) is 22.0. The summed E-state index contributed by atoms with van der Waals surface area (Å²) < 4.78 is 46.6. The Morgan fingerprint density at radius 2 is 1.97 bits per heavy atom. The summed E-state index contributed by atoms with van der Waals surface area (Å²) >= 11 is 0. The lowest BCUT2D eigenvalue weighted by Gasteiger charge is -2.19. The maximum Gasteiger partial charge on any atom is 0.416 e. The van der Waals surface area contributed by atoms with E-state index in [2.05, 4.69) is 9.97 Å². The van der Waals surface area contributed by atoms with Crippen molar-refractivity contribution >= 4 is 17.0 Å². The van der Waals surface area contributed by atoms with Gasteiger partial charge >= 0.3 is 12.1 Å². The van der Waals surface area contributed by atoms with Crippen molar-refractivity contribution in [3.8, 4) is 5.75 Å². The fourth-order valence-electron chi connectivity index (χ4n) is 4.21. The lowest BCUT2D eigenvalue weighted by atomic mass is 9.91. The third kappa shape index (κ3) is 5.00. The number of pyridine rings is 1. The molecule has 31 heavy (non-hydrogen) atoms. The minimum atomic E-state index is -4.40. The van der Waals surface area contributed by atoms with Crippen LogP contribution in [-0.4, -0.2) is 21.0 Å². The van der Waals surface area contributed by atoms with Gasteiger partial charge in [-0.2, -0.15) is 13.2 Å². The molecule has 1 aromatic carbocycles. The van der Waals surface area contributed by atoms with Gasteiger partial charge < -0.3 is 14.8 Å². The number of rotatable bonds is 7. The molecule has 0 unspecified atom stereocenters. The van der Waals surface area contributed by atoms with Gasteiger partial charge in [-0.3, -0.25) is 4.79 Å². The number of ether oxygens (including phenoxy) is 1. The van der Waals surface area contributed by atoms with E-state index in [-0.39, 0.29) is 18.9 Å². The first-order valence-electron chi connectivity index (χ1n) is 10.3. The smallest absolute Gasteiger partial charge is 0.416 e. The van der Waals surface area contributed by atoms with E-state index in [0.717, 1.165) is 36.8 Å². The standard InChI is InChI=1S/C23H23F3N2O3/c24-23(25,26)20-9-14(5-7-19(20)15-3-1-2-4-15)13-31-18-11-16-10-17(6-8-21(29)30)28-22(16)27-12-18/h5,7,9-12,15H,1-4,6,8,13H2,(H,27,28)(H,29,30). The van der Waals surface area contributed by atoms with Crippen molar-refractivity contribution in [2.24, 2.45) is 0 Å². The minimum Gasteiger partial charge on any atom is -0.487 e. The Balaban J connectivity index is 1.49. The number of aromatic nitrogens is 2. The maximum atomic E-state index is 13.6. The Morgan fingerprint density at radius 1 is 1.19 bits per heavy atom. The van der Waals surface area contributed by atoms with Gasteiger partial charge in [-0.15, -0.1) is 0 Å². The van der Waals surface area contributed by atoms with E-state index < -0.39 is 17.7 Å². The van der Waals surface area contributed by atoms with Crippen LogP contribution in [0.3, 0.4) is 0 Å². The van der Waals surface area contributed by atoms with Crippen LogP contribution in [0, 0.1) is 0 Å². The molecular weight excluding hydrogens is 409 g/mol. The number of halogens is 3. The van der Waals surface area contributed by atoms with E-state index in [1.807, 2.05) is 0 Å². The summed E-state index contributed by atoms with van der Waals surface area (Å²) in [5, 5.41) is 9.56. The number of nitrogens with zero attached hydrogens (tertiary/aromatic N) is 1. The second-order valence-corrected chi connectivity index (χ2v) is 7.99. The molecule has 2 aromatic heterocycles. The highest BCUT2D eigenvalue weighted by Gasteiger charge is 2.36. The van der Waals surface area contributed by atoms with E-state index in [0.29, 0.717) is 28.9 Å². The largest absolute Gasteiger partial charge is 0.487 e. The molecule has 1 saturated carbocycles. The summed E-state index contributed by atoms with van der Waals surface area (Å²) in [6.45, 7) is -0.00247. The molecule has 0 atom stereocenters. The van der Waals surface area contributed by atoms with Crippen LogP contribution in [-0.2, 0) is 24.0 Å². The third-order valence-corrected chi connectivity index (χ3v) is 5.73. The molecule has 0 amide bonds. The average molecular weight is 432 g/mol. The van der Waals surface area contributed by atoms with E-state index in [4.69, 9.17) is 9.84 Å². The van der Waals surface area contributed by atoms with Gasteiger partial charge in [0.1, 0.15) is 18.0 Å². The zero-order valence-electron chi connectivity index (χ0n) is 16.8. The molecule has 1 fully saturated rings. The summed E-state index contributed by atoms with van der Waals surface area (Å²) in [6.07, 6.45) is 1.01. The second kappa shape index (κ2) is 8.61. The molecule has 2 N–H and O–H groups in total. The van der Waals surface area contributed by atoms with E-state index >= 15 is 0 Å². The Hall–Kier alpha value is -3.03. The lowest BCUT2D eigenvalue weighted by Crippen LogP contribution is -2.12. The van der Waals surface area contributed by atoms with Crippen molar-refractivity contribution in [1.82, 2.24) is 9.97 Å². The molecule has 1 aliphatic carbocycles. The Bertz CT molecular complexity index is 1090. The van der Waals surface area contributed by atoms with Gasteiger partial charge in [0, 0.05) is 11.1 Å². The first-order valence-corrected chi connectivity index (χ1v) is 10.3. The highest BCUT2D eigenvalue weighted by Crippen LogP contribution is 2.42. The quantitative estimate of drug-likeness (QED) is 0.492. The van der Waals surface area contributed by atoms with E-state index in [1.54, 1.807) is 24.3 Å². The van der Waals surface area contributed by atoms with Crippen molar-refractivity contribution in [1.29, 1.82) is 0 Å². The molecular formula is C23H23F3N2O3. The number of carboxylic acid groups (broad SMARTS) is 1. The fraction of sp³-hybridized carbons (Fsp3) is 0.391. The molecule has 0 saturated heterocycles. The number of fused-ring (bicyclic) bond motifs is 1. The minimum absolute atomic E-state index is 0.00247. The number of carbonyl (C=O) groups is 1. The molecule has 0 bridgehead atoms. The van der Waals surface area contributed by atoms with Crippen LogP contribution in [0.1, 0.15) is 60.4 Å². The maximum absolute atomic E-state index is 13.6. The van der Waals surface area contributed by atoms with Crippen molar-refractivity contribution in [3.05, 3.63) is 58.9 Å². The predicted molar refractivity (Wildman–Crippen MR) is 109 cm³/mol. The van der Waals surface area contributed by atoms with Crippen LogP contribution in [0.25, 0.3) is 11.0 Å². The van der Waals surface area contributed by atoms with Crippen LogP contribution in [0.4, 0.5) is 13.2 Å². The summed E-state index contributed by atoms with van der Waals surface area (Å²) in [5.74, 6) is -0.473. The number of alkyl halides is 3. The summed E-state index contributed by atoms with van der Waals surface area (Å²) in [6, 6.07) is 8.03. The molecule has 0 aliphatic heterocycles. The molecule has 8 heteroatoms. The van der Waals surface area contributed by atoms with Gasteiger partial charge in [0.2, 0.25) is 0 Å². The molecule has 5 nitrogen and oxygen atoms in total. The van der Waals surface area contributed by atoms with Gasteiger partial charge in [0.15, 0.2) is 0 Å². The van der Waals surface area contributed by atoms with Crippen LogP contribution in [0.15, 0.2) is 36.5 Å². The van der Waals surface area contributed by atoms with Gasteiger partial charge in [0.25, 0.3) is 0 Å². The Kier molecular flexibility index (Phi) is 5.89. The highest BCUT2D eigenvalue weighted by molar-refractivity contribution is 5.78. The molecule has 2 heterocycles. The average Bonchev–Trinajstić information content (AvgIpc) is 3.39. The van der Waals surface area contributed by atoms with E-state index in [9.17, 15) is 18.0 Å². The SMILES string of the molecule is O=C(O)CCc1cc2cc(OCc3ccc(C4CCCC4)c(C(F)(F)F)c3)cnc2[nH]1. The molecule has 0 spiro atoms. The van der Waals surface area contributed by atoms with Crippen LogP contribution >= 0.6 is 0 Å². The van der Waals surface area contributed by atoms with Crippen LogP contribution in [0.2, 0.25) is 0 Å². The van der Waals surface area contributed by atoms with Gasteiger partial charge in [-0.25, -0.2) is 4.98 Å². The van der Waals surface area contributed by atoms with Crippen molar-refractivity contribution in [2.75, 3.05) is 0 Å². The first kappa shape index (κ1) is 21.2. The second-order valence-electron chi connectivity index (χ2n) is 7.99. The highest BCUT2D eigenvalue weighted by atomic mass is 19.4. The normalized spacial score (nSPS) is 14.9. The number of H-pyrrole nitrogens is 1. The molecule has 3 aromatic rings. The molecule has 4 rings (SSSR count). The van der Waals surface area contributed by atoms with Crippen molar-refractivity contribution in [2.45, 2.75) is 57.2 Å². The molecule has 0 radical (unpaired) electrons. The number of aryl methyl sites for hydroxylation is 1. The number of nitrogens with one attached hydrogen (secondary N) is 1. The monoisotopic (exact) mass is 432 g/mol. The fourth-order valence-corrected chi connectivity index (χ4v) is 4.21. The molecule has 1 aliphatic rings. The number of hydrogen-bond acceptors (Lipinski definition) is 3. The number of aromatic amines is 1. The zero-order valence-corrected chi connectivity index (χ0v) is 16.8. The number of carboxylic acids is 1. The Labute approximate surface area is 177 Å². The van der Waals surface area contributed by atoms with Crippen molar-refractivity contribution in [3.63, 3.8) is 0 Å². The predicted octanol–water partition coefficient (Wildman–Crippen LogP) is 5.84. The summed E-state index contributed by atoms with van der Waals surface area (Å²) in [4.78, 5) is 18.0. The number of benzene rings is 1. The number of hydrogen-bond donors (Lipinski definition) is 2. The summed E-state index contributed by atoms with van der Waals surface area (Å²) in [5.41, 5.74) is 1.62. The lowest BCUT2D eigenvalue weighted by molar-refractivity contribution is -0.138. The Morgan fingerprint density at radius 3 is 2.68 bits per heavy atom. The molecule has 164 valence electrons. The topological polar surface area (TPSA) is 75.2 Å². The summed E-state index contributed by atoms with van der Waals surface area (Å²) in [7, 11) is 0. The number of aliphatic carboxylic acids is 1. The first-order chi connectivity index (χ1) is 14.8. The third-order valence-electron chi connectivity index (χ3n) is 5.73. The van der Waals surface area contributed by atoms with Gasteiger partial charge in [0.05, 0.1) is 18.2 Å². The van der Waals surface area contributed by atoms with Crippen LogP contribution in [0.5, 0.6) is 5.75 Å². The van der Waals surface area contributed by atoms with Gasteiger partial charge in [-0.1, -0.05) is 25.0 Å². The van der Waals surface area contributed by atoms with Crippen LogP contribution < -0.4 is 4.74 Å². The van der Waals surface area contributed by atoms with Gasteiger partial charge in [-0.05, 0) is 54.5 Å². The van der Waals surface area contributed by atoms with E-state index in [1.165, 1.54) is 12.3 Å².